The molecule has 2 amide bonds. The van der Waals surface area contributed by atoms with Crippen LogP contribution < -0.4 is 10.6 Å². The van der Waals surface area contributed by atoms with Crippen LogP contribution in [0.4, 0.5) is 5.69 Å². The van der Waals surface area contributed by atoms with Crippen molar-refractivity contribution in [3.05, 3.63) is 163 Å². The number of aromatic nitrogens is 3. The molecule has 7 rings (SSSR count). The summed E-state index contributed by atoms with van der Waals surface area (Å²) >= 11 is 13.6. The van der Waals surface area contributed by atoms with E-state index in [4.69, 9.17) is 27.9 Å². The number of nitrogens with zero attached hydrogens (tertiary/aromatic N) is 4. The molecule has 1 atom stereocenters. The molecule has 5 heterocycles. The molecule has 2 aromatic carbocycles. The van der Waals surface area contributed by atoms with Crippen LogP contribution >= 0.6 is 34.5 Å². The first kappa shape index (κ1) is 40.4. The highest BCUT2D eigenvalue weighted by molar-refractivity contribution is 7.19. The minimum absolute atomic E-state index is 0.310. The maximum absolute atomic E-state index is 13.7. The molecule has 58 heavy (non-hydrogen) atoms. The molecule has 4 aromatic heterocycles. The number of allylic oxidation sites excluding steroid dienone is 1. The molecule has 0 saturated heterocycles. The van der Waals surface area contributed by atoms with Gasteiger partial charge in [0.2, 0.25) is 0 Å². The lowest BCUT2D eigenvalue weighted by Crippen LogP contribution is -2.36. The van der Waals surface area contributed by atoms with E-state index in [0.717, 1.165) is 31.9 Å². The minimum Gasteiger partial charge on any atom is -0.354 e. The molecule has 14 heteroatoms. The average Bonchev–Trinajstić information content (AvgIpc) is 3.83. The number of benzene rings is 2. The number of likely N-dealkylation sites (N-methyl/N-ethyl adjacent to an activating group) is 1. The largest absolute Gasteiger partial charge is 0.354 e. The Kier molecular flexibility index (Phi) is 12.1. The highest BCUT2D eigenvalue weighted by Gasteiger charge is 2.28. The average molecular weight is 836 g/mol. The molecular formula is C44H40Cl2N6O5S. The quantitative estimate of drug-likeness (QED) is 0.0836. The standard InChI is InChI=1S/C44H40Cl2N6O5S/c1-26-21-36(27(2)51(26)24-29-5-9-31(45)10-6-29)40(53)43(55)49-34-15-19-50(4)38(22-34)57-20-16-35-23-37-42(58-35)39(41(54)44(56)48-33-13-17-47-18-14-33)28(3)52(37)25-30-7-11-32(46)12-8-30/h5-15,17-19,21-23,38H,16,20,24-25H2,1-4H3,(H,49,55)(H,47,48,56). The van der Waals surface area contributed by atoms with Crippen LogP contribution in [0.5, 0.6) is 0 Å². The van der Waals surface area contributed by atoms with E-state index in [9.17, 15) is 19.2 Å². The maximum Gasteiger partial charge on any atom is 0.296 e. The fraction of sp³-hybridized carbons (Fsp3) is 0.205. The Balaban J connectivity index is 1.04. The molecule has 1 aliphatic rings. The van der Waals surface area contributed by atoms with Crippen LogP contribution in [0.15, 0.2) is 109 Å². The fourth-order valence-electron chi connectivity index (χ4n) is 6.89. The van der Waals surface area contributed by atoms with E-state index in [1.54, 1.807) is 48.9 Å². The van der Waals surface area contributed by atoms with Crippen molar-refractivity contribution in [1.82, 2.24) is 24.3 Å². The van der Waals surface area contributed by atoms with Crippen molar-refractivity contribution in [2.45, 2.75) is 46.5 Å². The summed E-state index contributed by atoms with van der Waals surface area (Å²) in [4.78, 5) is 60.4. The fourth-order valence-corrected chi connectivity index (χ4v) is 8.38. The Morgan fingerprint density at radius 3 is 2.07 bits per heavy atom. The summed E-state index contributed by atoms with van der Waals surface area (Å²) in [5, 5.41) is 6.72. The molecule has 1 aliphatic heterocycles. The number of Topliss-reactive ketones (excluding diaryl/α,β-unsaturated/α-hetero) is 2. The molecule has 0 bridgehead atoms. The van der Waals surface area contributed by atoms with E-state index in [2.05, 4.69) is 15.6 Å². The number of hydrogen-bond acceptors (Lipinski definition) is 8. The van der Waals surface area contributed by atoms with Crippen LogP contribution in [0.2, 0.25) is 10.0 Å². The van der Waals surface area contributed by atoms with Crippen LogP contribution in [0.1, 0.15) is 53.8 Å². The highest BCUT2D eigenvalue weighted by Crippen LogP contribution is 2.35. The van der Waals surface area contributed by atoms with Crippen LogP contribution in [0, 0.1) is 20.8 Å². The molecular weight excluding hydrogens is 795 g/mol. The second kappa shape index (κ2) is 17.4. The SMILES string of the molecule is Cc1cc(C(=O)C(=O)NC2=CC(OCCc3cc4c(s3)c(C(=O)C(=O)Nc3ccncc3)c(C)n4Cc3ccc(Cl)cc3)N(C)C=C2)c(C)n1Cc1ccc(Cl)cc1. The van der Waals surface area contributed by atoms with Crippen molar-refractivity contribution in [3.63, 3.8) is 0 Å². The Hall–Kier alpha value is -5.79. The van der Waals surface area contributed by atoms with E-state index in [-0.39, 0.29) is 0 Å². The number of pyridine rings is 1. The summed E-state index contributed by atoms with van der Waals surface area (Å²) in [6.45, 7) is 6.91. The lowest BCUT2D eigenvalue weighted by Gasteiger charge is -2.28. The summed E-state index contributed by atoms with van der Waals surface area (Å²) in [5.74, 6) is -2.74. The van der Waals surface area contributed by atoms with Crippen LogP contribution in [0.3, 0.4) is 0 Å². The summed E-state index contributed by atoms with van der Waals surface area (Å²) in [5.41, 5.74) is 6.71. The number of anilines is 1. The second-order valence-corrected chi connectivity index (χ2v) is 16.0. The highest BCUT2D eigenvalue weighted by atomic mass is 35.5. The van der Waals surface area contributed by atoms with Crippen molar-refractivity contribution < 1.29 is 23.9 Å². The first-order valence-electron chi connectivity index (χ1n) is 18.5. The molecule has 0 spiro atoms. The molecule has 0 fully saturated rings. The number of carbonyl (C=O) groups excluding carboxylic acids is 4. The summed E-state index contributed by atoms with van der Waals surface area (Å²) in [6.07, 6.45) is 8.32. The van der Waals surface area contributed by atoms with E-state index < -0.39 is 29.6 Å². The van der Waals surface area contributed by atoms with Gasteiger partial charge in [-0.3, -0.25) is 24.2 Å². The Morgan fingerprint density at radius 1 is 0.793 bits per heavy atom. The van der Waals surface area contributed by atoms with Gasteiger partial charge in [0.05, 0.1) is 22.4 Å². The molecule has 6 aromatic rings. The van der Waals surface area contributed by atoms with Crippen LogP contribution in [-0.2, 0) is 33.8 Å². The number of aryl methyl sites for hydroxylation is 1. The number of ether oxygens (including phenoxy) is 1. The van der Waals surface area contributed by atoms with Crippen molar-refractivity contribution in [3.8, 4) is 0 Å². The van der Waals surface area contributed by atoms with Crippen molar-refractivity contribution in [2.75, 3.05) is 19.0 Å². The van der Waals surface area contributed by atoms with Gasteiger partial charge in [0.15, 0.2) is 6.23 Å². The molecule has 11 nitrogen and oxygen atoms in total. The van der Waals surface area contributed by atoms with Gasteiger partial charge in [-0.25, -0.2) is 0 Å². The summed E-state index contributed by atoms with van der Waals surface area (Å²) in [6, 6.07) is 22.0. The van der Waals surface area contributed by atoms with Gasteiger partial charge in [-0.15, -0.1) is 11.3 Å². The topological polar surface area (TPSA) is 128 Å². The number of ketones is 2. The molecule has 0 radical (unpaired) electrons. The number of carbonyl (C=O) groups is 4. The lowest BCUT2D eigenvalue weighted by atomic mass is 10.1. The molecule has 0 saturated carbocycles. The number of amides is 2. The Bertz CT molecular complexity index is 2590. The normalized spacial score (nSPS) is 13.8. The zero-order valence-corrected chi connectivity index (χ0v) is 34.5. The van der Waals surface area contributed by atoms with Crippen molar-refractivity contribution >= 4 is 73.8 Å². The first-order chi connectivity index (χ1) is 27.9. The zero-order valence-electron chi connectivity index (χ0n) is 32.2. The van der Waals surface area contributed by atoms with Crippen LogP contribution in [0.25, 0.3) is 10.2 Å². The number of rotatable bonds is 14. The van der Waals surface area contributed by atoms with E-state index >= 15 is 0 Å². The van der Waals surface area contributed by atoms with E-state index in [1.807, 2.05) is 96.5 Å². The van der Waals surface area contributed by atoms with Gasteiger partial charge in [0.1, 0.15) is 0 Å². The van der Waals surface area contributed by atoms with E-state index in [1.165, 1.54) is 11.3 Å². The number of nitrogens with one attached hydrogen (secondary N) is 2. The monoisotopic (exact) mass is 834 g/mol. The first-order valence-corrected chi connectivity index (χ1v) is 20.1. The Labute approximate surface area is 349 Å². The predicted molar refractivity (Wildman–Crippen MR) is 228 cm³/mol. The van der Waals surface area contributed by atoms with Crippen molar-refractivity contribution in [2.24, 2.45) is 0 Å². The van der Waals surface area contributed by atoms with Crippen LogP contribution in [-0.4, -0.2) is 62.3 Å². The van der Waals surface area contributed by atoms with Crippen molar-refractivity contribution in [1.29, 1.82) is 0 Å². The lowest BCUT2D eigenvalue weighted by molar-refractivity contribution is -0.116. The summed E-state index contributed by atoms with van der Waals surface area (Å²) in [7, 11) is 1.85. The van der Waals surface area contributed by atoms with E-state index in [0.29, 0.717) is 70.1 Å². The van der Waals surface area contributed by atoms with Gasteiger partial charge in [0.25, 0.3) is 23.4 Å². The molecule has 296 valence electrons. The maximum atomic E-state index is 13.7. The van der Waals surface area contributed by atoms with Gasteiger partial charge >= 0.3 is 0 Å². The van der Waals surface area contributed by atoms with Gasteiger partial charge in [-0.05, 0) is 92.6 Å². The summed E-state index contributed by atoms with van der Waals surface area (Å²) < 4.78 is 11.0. The molecule has 2 N–H and O–H groups in total. The number of hydrogen-bond donors (Lipinski definition) is 2. The van der Waals surface area contributed by atoms with Gasteiger partial charge in [-0.2, -0.15) is 0 Å². The smallest absolute Gasteiger partial charge is 0.296 e. The second-order valence-electron chi connectivity index (χ2n) is 14.0. The number of thiophene rings is 1. The van der Waals surface area contributed by atoms with Gasteiger partial charge in [0, 0.05) is 94.1 Å². The number of halogens is 2. The molecule has 0 aliphatic carbocycles. The predicted octanol–water partition coefficient (Wildman–Crippen LogP) is 8.28. The number of fused-ring (bicyclic) bond motifs is 1. The third kappa shape index (κ3) is 8.85. The third-order valence-electron chi connectivity index (χ3n) is 10.1. The minimum atomic E-state index is -0.745. The Morgan fingerprint density at radius 2 is 1.41 bits per heavy atom. The third-order valence-corrected chi connectivity index (χ3v) is 11.8. The molecule has 1 unspecified atom stereocenters. The van der Waals surface area contributed by atoms with Gasteiger partial charge < -0.3 is 29.4 Å². The van der Waals surface area contributed by atoms with Gasteiger partial charge in [-0.1, -0.05) is 47.5 Å². The zero-order chi connectivity index (χ0) is 41.1.